The normalized spacial score (nSPS) is 26.4. The Hall–Kier alpha value is -1.18. The topological polar surface area (TPSA) is 62.1 Å². The maximum absolute atomic E-state index is 12.6. The first kappa shape index (κ1) is 16.7. The van der Waals surface area contributed by atoms with Gasteiger partial charge >= 0.3 is 6.09 Å². The summed E-state index contributed by atoms with van der Waals surface area (Å²) in [4.78, 5) is 18.5. The Kier molecular flexibility index (Phi) is 4.14. The molecule has 0 radical (unpaired) electrons. The van der Waals surface area contributed by atoms with Crippen molar-refractivity contribution in [1.82, 2.24) is 0 Å². The van der Waals surface area contributed by atoms with Gasteiger partial charge in [-0.15, -0.1) is 11.8 Å². The standard InChI is InChI=1S/C16H20N2O3S2/c1-15(2,3)21-14(20)18-11-8-6-5-7-10(11)16(12(18)19)9-17-13(22-4)23-16/h5-8,12,19H,9H2,1-4H3/t12-,16-/m0/s1. The molecule has 2 aliphatic heterocycles. The van der Waals surface area contributed by atoms with Gasteiger partial charge in [0.1, 0.15) is 14.7 Å². The lowest BCUT2D eigenvalue weighted by Crippen LogP contribution is -2.48. The second kappa shape index (κ2) is 5.72. The highest BCUT2D eigenvalue weighted by molar-refractivity contribution is 8.39. The molecule has 0 unspecified atom stereocenters. The fourth-order valence-electron chi connectivity index (χ4n) is 2.81. The van der Waals surface area contributed by atoms with Crippen LogP contribution in [0.3, 0.4) is 0 Å². The molecule has 0 bridgehead atoms. The number of carbonyl (C=O) groups is 1. The van der Waals surface area contributed by atoms with Crippen LogP contribution in [0.2, 0.25) is 0 Å². The molecule has 2 heterocycles. The van der Waals surface area contributed by atoms with Crippen LogP contribution in [0.5, 0.6) is 0 Å². The molecule has 0 saturated carbocycles. The van der Waals surface area contributed by atoms with Crippen molar-refractivity contribution in [1.29, 1.82) is 0 Å². The van der Waals surface area contributed by atoms with Crippen molar-refractivity contribution in [2.45, 2.75) is 37.3 Å². The molecule has 0 aromatic heterocycles. The van der Waals surface area contributed by atoms with Crippen molar-refractivity contribution in [2.75, 3.05) is 17.7 Å². The van der Waals surface area contributed by atoms with Crippen molar-refractivity contribution in [3.63, 3.8) is 0 Å². The van der Waals surface area contributed by atoms with Crippen LogP contribution in [-0.2, 0) is 9.48 Å². The SMILES string of the molecule is CSC1=NC[C@]2(S1)c1ccccc1N(C(=O)OC(C)(C)C)[C@H]2O. The second-order valence-corrected chi connectivity index (χ2v) is 8.89. The number of thioether (sulfide) groups is 2. The van der Waals surface area contributed by atoms with Gasteiger partial charge in [-0.2, -0.15) is 0 Å². The molecule has 2 atom stereocenters. The van der Waals surface area contributed by atoms with E-state index in [4.69, 9.17) is 4.74 Å². The molecule has 1 spiro atoms. The van der Waals surface area contributed by atoms with E-state index in [1.807, 2.05) is 51.3 Å². The van der Waals surface area contributed by atoms with E-state index < -0.39 is 22.7 Å². The van der Waals surface area contributed by atoms with E-state index in [-0.39, 0.29) is 0 Å². The minimum Gasteiger partial charge on any atom is -0.443 e. The zero-order valence-electron chi connectivity index (χ0n) is 13.6. The lowest BCUT2D eigenvalue weighted by molar-refractivity contribution is 0.0453. The average molecular weight is 352 g/mol. The van der Waals surface area contributed by atoms with Crippen molar-refractivity contribution in [3.05, 3.63) is 29.8 Å². The molecule has 0 fully saturated rings. The van der Waals surface area contributed by atoms with Crippen LogP contribution in [0.1, 0.15) is 26.3 Å². The molecule has 3 rings (SSSR count). The molecule has 5 nitrogen and oxygen atoms in total. The molecule has 0 aliphatic carbocycles. The van der Waals surface area contributed by atoms with Crippen molar-refractivity contribution in [3.8, 4) is 0 Å². The van der Waals surface area contributed by atoms with Crippen molar-refractivity contribution >= 4 is 39.7 Å². The molecule has 7 heteroatoms. The third-order valence-electron chi connectivity index (χ3n) is 3.76. The van der Waals surface area contributed by atoms with Crippen LogP contribution in [0, 0.1) is 0 Å². The summed E-state index contributed by atoms with van der Waals surface area (Å²) in [5.74, 6) is 0. The van der Waals surface area contributed by atoms with Crippen LogP contribution >= 0.6 is 23.5 Å². The average Bonchev–Trinajstić information content (AvgIpc) is 3.00. The zero-order chi connectivity index (χ0) is 16.8. The predicted molar refractivity (Wildman–Crippen MR) is 96.2 cm³/mol. The third kappa shape index (κ3) is 2.75. The molecule has 1 aromatic rings. The number of aliphatic hydroxyl groups excluding tert-OH is 1. The first-order valence-electron chi connectivity index (χ1n) is 7.36. The molecule has 1 aromatic carbocycles. The fourth-order valence-corrected chi connectivity index (χ4v) is 4.85. The number of ether oxygens (including phenoxy) is 1. The number of amides is 1. The van der Waals surface area contributed by atoms with Gasteiger partial charge in [0.15, 0.2) is 6.23 Å². The number of aliphatic imine (C=N–C) groups is 1. The summed E-state index contributed by atoms with van der Waals surface area (Å²) < 4.78 is 5.75. The summed E-state index contributed by atoms with van der Waals surface area (Å²) in [7, 11) is 0. The van der Waals surface area contributed by atoms with Gasteiger partial charge in [0.25, 0.3) is 0 Å². The number of nitrogens with zero attached hydrogens (tertiary/aromatic N) is 2. The monoisotopic (exact) mass is 352 g/mol. The van der Waals surface area contributed by atoms with Gasteiger partial charge in [0.2, 0.25) is 0 Å². The number of aliphatic hydroxyl groups is 1. The second-order valence-electron chi connectivity index (χ2n) is 6.52. The van der Waals surface area contributed by atoms with Gasteiger partial charge in [0, 0.05) is 0 Å². The Labute approximate surface area is 144 Å². The Morgan fingerprint density at radius 2 is 2.17 bits per heavy atom. The summed E-state index contributed by atoms with van der Waals surface area (Å²) in [6.07, 6.45) is 0.421. The quantitative estimate of drug-likeness (QED) is 0.775. The molecule has 2 aliphatic rings. The molecule has 1 N–H and O–H groups in total. The molecular formula is C16H20N2O3S2. The number of carbonyl (C=O) groups excluding carboxylic acids is 1. The number of hydrogen-bond acceptors (Lipinski definition) is 6. The number of anilines is 1. The van der Waals surface area contributed by atoms with Crippen LogP contribution in [-0.4, -0.2) is 40.2 Å². The molecule has 1 amide bonds. The van der Waals surface area contributed by atoms with E-state index in [0.29, 0.717) is 12.2 Å². The molecule has 0 saturated heterocycles. The Balaban J connectivity index is 2.00. The highest BCUT2D eigenvalue weighted by Gasteiger charge is 2.56. The highest BCUT2D eigenvalue weighted by atomic mass is 32.2. The van der Waals surface area contributed by atoms with E-state index in [9.17, 15) is 9.90 Å². The summed E-state index contributed by atoms with van der Waals surface area (Å²) >= 11 is 3.08. The van der Waals surface area contributed by atoms with Crippen LogP contribution < -0.4 is 4.90 Å². The Morgan fingerprint density at radius 1 is 1.48 bits per heavy atom. The Bertz CT molecular complexity index is 672. The maximum Gasteiger partial charge on any atom is 0.417 e. The maximum atomic E-state index is 12.6. The van der Waals surface area contributed by atoms with Gasteiger partial charge in [0.05, 0.1) is 12.2 Å². The van der Waals surface area contributed by atoms with E-state index in [2.05, 4.69) is 4.99 Å². The summed E-state index contributed by atoms with van der Waals surface area (Å²) in [5.41, 5.74) is 1.00. The van der Waals surface area contributed by atoms with Gasteiger partial charge in [-0.1, -0.05) is 30.0 Å². The van der Waals surface area contributed by atoms with E-state index in [1.165, 1.54) is 16.7 Å². The highest BCUT2D eigenvalue weighted by Crippen LogP contribution is 2.55. The van der Waals surface area contributed by atoms with Crippen molar-refractivity contribution in [2.24, 2.45) is 4.99 Å². The van der Waals surface area contributed by atoms with Gasteiger partial charge < -0.3 is 9.84 Å². The number of fused-ring (bicyclic) bond motifs is 2. The molecule has 23 heavy (non-hydrogen) atoms. The fraction of sp³-hybridized carbons (Fsp3) is 0.500. The largest absolute Gasteiger partial charge is 0.443 e. The van der Waals surface area contributed by atoms with Gasteiger partial charge in [-0.3, -0.25) is 4.99 Å². The molecule has 124 valence electrons. The number of rotatable bonds is 0. The number of hydrogen-bond donors (Lipinski definition) is 1. The number of para-hydroxylation sites is 1. The summed E-state index contributed by atoms with van der Waals surface area (Å²) in [6, 6.07) is 7.57. The molecular weight excluding hydrogens is 332 g/mol. The van der Waals surface area contributed by atoms with E-state index in [1.54, 1.807) is 11.8 Å². The lowest BCUT2D eigenvalue weighted by Gasteiger charge is -2.31. The number of benzene rings is 1. The first-order chi connectivity index (χ1) is 10.8. The smallest absolute Gasteiger partial charge is 0.417 e. The third-order valence-corrected chi connectivity index (χ3v) is 6.21. The van der Waals surface area contributed by atoms with Gasteiger partial charge in [-0.25, -0.2) is 9.69 Å². The lowest BCUT2D eigenvalue weighted by atomic mass is 9.99. The summed E-state index contributed by atoms with van der Waals surface area (Å²) in [6.45, 7) is 5.89. The predicted octanol–water partition coefficient (Wildman–Crippen LogP) is 3.42. The first-order valence-corrected chi connectivity index (χ1v) is 9.40. The Morgan fingerprint density at radius 3 is 2.78 bits per heavy atom. The summed E-state index contributed by atoms with van der Waals surface area (Å²) in [5, 5.41) is 11.0. The van der Waals surface area contributed by atoms with Crippen LogP contribution in [0.4, 0.5) is 10.5 Å². The van der Waals surface area contributed by atoms with E-state index >= 15 is 0 Å². The minimum absolute atomic E-state index is 0.450. The zero-order valence-corrected chi connectivity index (χ0v) is 15.2. The minimum atomic E-state index is -1.01. The van der Waals surface area contributed by atoms with Crippen molar-refractivity contribution < 1.29 is 14.6 Å². The van der Waals surface area contributed by atoms with Crippen LogP contribution in [0.25, 0.3) is 0 Å². The van der Waals surface area contributed by atoms with Crippen LogP contribution in [0.15, 0.2) is 29.3 Å². The van der Waals surface area contributed by atoms with E-state index in [0.717, 1.165) is 9.94 Å². The van der Waals surface area contributed by atoms with Gasteiger partial charge in [-0.05, 0) is 38.7 Å².